The summed E-state index contributed by atoms with van der Waals surface area (Å²) in [5.74, 6) is -1.96. The van der Waals surface area contributed by atoms with Crippen molar-refractivity contribution in [3.05, 3.63) is 66.2 Å². The van der Waals surface area contributed by atoms with Gasteiger partial charge in [-0.2, -0.15) is 4.39 Å². The lowest BCUT2D eigenvalue weighted by atomic mass is 10.1. The molecule has 0 radical (unpaired) electrons. The van der Waals surface area contributed by atoms with E-state index in [-0.39, 0.29) is 11.4 Å². The molecule has 100 valence electrons. The van der Waals surface area contributed by atoms with Crippen molar-refractivity contribution in [3.63, 3.8) is 0 Å². The second-order valence-electron chi connectivity index (χ2n) is 4.39. The fourth-order valence-electron chi connectivity index (χ4n) is 2.00. The molecule has 20 heavy (non-hydrogen) atoms. The molecule has 0 aliphatic rings. The van der Waals surface area contributed by atoms with Crippen LogP contribution in [0.25, 0.3) is 10.8 Å². The summed E-state index contributed by atoms with van der Waals surface area (Å²) in [5.41, 5.74) is 5.67. The van der Waals surface area contributed by atoms with Crippen LogP contribution in [0.1, 0.15) is 0 Å². The summed E-state index contributed by atoms with van der Waals surface area (Å²) in [5, 5.41) is 1.98. The van der Waals surface area contributed by atoms with Crippen molar-refractivity contribution >= 4 is 16.5 Å². The second kappa shape index (κ2) is 4.81. The number of ether oxygens (including phenoxy) is 1. The van der Waals surface area contributed by atoms with E-state index in [2.05, 4.69) is 0 Å². The molecule has 0 saturated carbocycles. The number of anilines is 1. The van der Waals surface area contributed by atoms with Gasteiger partial charge in [-0.15, -0.1) is 0 Å². The van der Waals surface area contributed by atoms with E-state index in [0.717, 1.165) is 16.8 Å². The van der Waals surface area contributed by atoms with Crippen molar-refractivity contribution in [1.82, 2.24) is 0 Å². The molecule has 3 aromatic rings. The van der Waals surface area contributed by atoms with Gasteiger partial charge in [-0.1, -0.05) is 30.3 Å². The normalized spacial score (nSPS) is 10.7. The third kappa shape index (κ3) is 2.16. The highest BCUT2D eigenvalue weighted by Gasteiger charge is 2.14. The average Bonchev–Trinajstić information content (AvgIpc) is 2.47. The van der Waals surface area contributed by atoms with Gasteiger partial charge in [-0.3, -0.25) is 0 Å². The first-order valence-electron chi connectivity index (χ1n) is 6.05. The van der Waals surface area contributed by atoms with E-state index in [4.69, 9.17) is 10.5 Å². The standard InChI is InChI=1S/C16H11F2NO/c17-13-7-8-14(19)16(15(13)18)20-12-6-5-10-3-1-2-4-11(10)9-12/h1-9H,19H2. The van der Waals surface area contributed by atoms with Crippen molar-refractivity contribution in [1.29, 1.82) is 0 Å². The molecular formula is C16H11F2NO. The van der Waals surface area contributed by atoms with Crippen LogP contribution in [0.2, 0.25) is 0 Å². The van der Waals surface area contributed by atoms with E-state index in [9.17, 15) is 8.78 Å². The monoisotopic (exact) mass is 271 g/mol. The highest BCUT2D eigenvalue weighted by Crippen LogP contribution is 2.33. The Balaban J connectivity index is 2.03. The molecular weight excluding hydrogens is 260 g/mol. The maximum atomic E-state index is 13.7. The predicted octanol–water partition coefficient (Wildman–Crippen LogP) is 4.49. The van der Waals surface area contributed by atoms with Crippen LogP contribution in [0, 0.1) is 11.6 Å². The van der Waals surface area contributed by atoms with E-state index < -0.39 is 11.6 Å². The SMILES string of the molecule is Nc1ccc(F)c(F)c1Oc1ccc2ccccc2c1. The summed E-state index contributed by atoms with van der Waals surface area (Å²) in [6.07, 6.45) is 0. The largest absolute Gasteiger partial charge is 0.452 e. The third-order valence-corrected chi connectivity index (χ3v) is 3.02. The van der Waals surface area contributed by atoms with Crippen LogP contribution in [-0.2, 0) is 0 Å². The lowest BCUT2D eigenvalue weighted by Crippen LogP contribution is -1.97. The van der Waals surface area contributed by atoms with Crippen LogP contribution >= 0.6 is 0 Å². The summed E-state index contributed by atoms with van der Waals surface area (Å²) in [4.78, 5) is 0. The molecule has 0 aliphatic heterocycles. The fourth-order valence-corrected chi connectivity index (χ4v) is 2.00. The van der Waals surface area contributed by atoms with Crippen molar-refractivity contribution in [2.24, 2.45) is 0 Å². The summed E-state index contributed by atoms with van der Waals surface area (Å²) in [7, 11) is 0. The Morgan fingerprint density at radius 1 is 0.850 bits per heavy atom. The van der Waals surface area contributed by atoms with Crippen molar-refractivity contribution in [2.45, 2.75) is 0 Å². The van der Waals surface area contributed by atoms with Gasteiger partial charge >= 0.3 is 0 Å². The zero-order chi connectivity index (χ0) is 14.1. The van der Waals surface area contributed by atoms with E-state index in [1.54, 1.807) is 12.1 Å². The molecule has 2 nitrogen and oxygen atoms in total. The Kier molecular flexibility index (Phi) is 2.99. The molecule has 2 N–H and O–H groups in total. The minimum absolute atomic E-state index is 0.0528. The molecule has 0 amide bonds. The quantitative estimate of drug-likeness (QED) is 0.697. The lowest BCUT2D eigenvalue weighted by molar-refractivity contribution is 0.418. The number of nitrogen functional groups attached to an aromatic ring is 1. The molecule has 0 aliphatic carbocycles. The maximum Gasteiger partial charge on any atom is 0.203 e. The van der Waals surface area contributed by atoms with Gasteiger partial charge in [0, 0.05) is 0 Å². The fraction of sp³-hybridized carbons (Fsp3) is 0. The van der Waals surface area contributed by atoms with E-state index in [0.29, 0.717) is 5.75 Å². The van der Waals surface area contributed by atoms with Crippen LogP contribution in [0.4, 0.5) is 14.5 Å². The topological polar surface area (TPSA) is 35.2 Å². The highest BCUT2D eigenvalue weighted by molar-refractivity contribution is 5.83. The summed E-state index contributed by atoms with van der Waals surface area (Å²) < 4.78 is 32.3. The van der Waals surface area contributed by atoms with Crippen LogP contribution in [0.5, 0.6) is 11.5 Å². The zero-order valence-electron chi connectivity index (χ0n) is 10.4. The summed E-state index contributed by atoms with van der Waals surface area (Å²) in [6, 6.07) is 15.2. The highest BCUT2D eigenvalue weighted by atomic mass is 19.2. The van der Waals surface area contributed by atoms with Crippen molar-refractivity contribution in [3.8, 4) is 11.5 Å². The molecule has 0 unspecified atom stereocenters. The number of halogens is 2. The number of nitrogens with two attached hydrogens (primary N) is 1. The lowest BCUT2D eigenvalue weighted by Gasteiger charge is -2.10. The Morgan fingerprint density at radius 3 is 2.40 bits per heavy atom. The van der Waals surface area contributed by atoms with E-state index >= 15 is 0 Å². The number of hydrogen-bond donors (Lipinski definition) is 1. The summed E-state index contributed by atoms with van der Waals surface area (Å²) in [6.45, 7) is 0. The second-order valence-corrected chi connectivity index (χ2v) is 4.39. The molecule has 0 heterocycles. The Morgan fingerprint density at radius 2 is 1.60 bits per heavy atom. The first-order chi connectivity index (χ1) is 9.65. The molecule has 4 heteroatoms. The first kappa shape index (κ1) is 12.4. The molecule has 0 atom stereocenters. The van der Waals surface area contributed by atoms with Gasteiger partial charge in [0.1, 0.15) is 5.75 Å². The minimum Gasteiger partial charge on any atom is -0.452 e. The molecule has 0 aromatic heterocycles. The number of benzene rings is 3. The smallest absolute Gasteiger partial charge is 0.203 e. The van der Waals surface area contributed by atoms with Gasteiger partial charge in [0.05, 0.1) is 5.69 Å². The van der Waals surface area contributed by atoms with Crippen LogP contribution < -0.4 is 10.5 Å². The Labute approximate surface area is 114 Å². The predicted molar refractivity (Wildman–Crippen MR) is 74.8 cm³/mol. The van der Waals surface area contributed by atoms with Crippen LogP contribution in [-0.4, -0.2) is 0 Å². The molecule has 0 saturated heterocycles. The molecule has 0 fully saturated rings. The Hall–Kier alpha value is -2.62. The van der Waals surface area contributed by atoms with Gasteiger partial charge in [-0.25, -0.2) is 4.39 Å². The minimum atomic E-state index is -1.09. The zero-order valence-corrected chi connectivity index (χ0v) is 10.4. The Bertz CT molecular complexity index is 787. The van der Waals surface area contributed by atoms with Crippen LogP contribution in [0.15, 0.2) is 54.6 Å². The van der Waals surface area contributed by atoms with Gasteiger partial charge in [0.2, 0.25) is 5.82 Å². The number of rotatable bonds is 2. The first-order valence-corrected chi connectivity index (χ1v) is 6.05. The number of fused-ring (bicyclic) bond motifs is 1. The van der Waals surface area contributed by atoms with E-state index in [1.807, 2.05) is 30.3 Å². The van der Waals surface area contributed by atoms with Crippen molar-refractivity contribution in [2.75, 3.05) is 5.73 Å². The molecule has 3 rings (SSSR count). The molecule has 0 spiro atoms. The van der Waals surface area contributed by atoms with Crippen LogP contribution in [0.3, 0.4) is 0 Å². The maximum absolute atomic E-state index is 13.7. The van der Waals surface area contributed by atoms with Crippen molar-refractivity contribution < 1.29 is 13.5 Å². The van der Waals surface area contributed by atoms with E-state index in [1.165, 1.54) is 6.07 Å². The van der Waals surface area contributed by atoms with Gasteiger partial charge in [-0.05, 0) is 35.0 Å². The average molecular weight is 271 g/mol. The molecule has 0 bridgehead atoms. The summed E-state index contributed by atoms with van der Waals surface area (Å²) >= 11 is 0. The third-order valence-electron chi connectivity index (χ3n) is 3.02. The van der Waals surface area contributed by atoms with Gasteiger partial charge in [0.15, 0.2) is 11.6 Å². The van der Waals surface area contributed by atoms with Gasteiger partial charge in [0.25, 0.3) is 0 Å². The molecule has 3 aromatic carbocycles. The van der Waals surface area contributed by atoms with Gasteiger partial charge < -0.3 is 10.5 Å². The number of hydrogen-bond acceptors (Lipinski definition) is 2.